The molecular weight excluding hydrogens is 400 g/mol. The first kappa shape index (κ1) is 17.5. The molecule has 0 aliphatic carbocycles. The number of rotatable bonds is 4. The number of nitrogens with zero attached hydrogens (tertiary/aromatic N) is 2. The zero-order valence-corrected chi connectivity index (χ0v) is 15.9. The standard InChI is InChI=1S/C19H15BrN2O2S/c1-3-9-22-16-8-7-14(20)12-17(16)25-19(22)21-18(23)11-13-5-4-6-15(10-13)24-2/h1,4-8,10,12H,9,11H2,2H3. The van der Waals surface area contributed by atoms with E-state index in [4.69, 9.17) is 11.2 Å². The molecule has 1 heterocycles. The van der Waals surface area contributed by atoms with Gasteiger partial charge in [-0.05, 0) is 35.9 Å². The molecule has 4 nitrogen and oxygen atoms in total. The summed E-state index contributed by atoms with van der Waals surface area (Å²) in [6, 6.07) is 13.3. The number of halogens is 1. The summed E-state index contributed by atoms with van der Waals surface area (Å²) in [5.41, 5.74) is 1.83. The second-order valence-corrected chi connectivity index (χ2v) is 7.25. The van der Waals surface area contributed by atoms with Crippen molar-refractivity contribution >= 4 is 43.4 Å². The summed E-state index contributed by atoms with van der Waals surface area (Å²) in [7, 11) is 1.60. The molecule has 1 aromatic heterocycles. The number of aromatic nitrogens is 1. The third-order valence-electron chi connectivity index (χ3n) is 3.60. The van der Waals surface area contributed by atoms with E-state index >= 15 is 0 Å². The Kier molecular flexibility index (Phi) is 5.37. The van der Waals surface area contributed by atoms with Crippen LogP contribution in [0.25, 0.3) is 10.2 Å². The van der Waals surface area contributed by atoms with E-state index in [9.17, 15) is 4.79 Å². The third kappa shape index (κ3) is 4.01. The molecule has 0 unspecified atom stereocenters. The molecule has 0 N–H and O–H groups in total. The minimum Gasteiger partial charge on any atom is -0.497 e. The summed E-state index contributed by atoms with van der Waals surface area (Å²) in [4.78, 5) is 17.3. The normalized spacial score (nSPS) is 11.5. The van der Waals surface area contributed by atoms with Gasteiger partial charge in [0.2, 0.25) is 0 Å². The van der Waals surface area contributed by atoms with Crippen molar-refractivity contribution in [2.45, 2.75) is 13.0 Å². The van der Waals surface area contributed by atoms with Crippen LogP contribution in [0, 0.1) is 12.3 Å². The van der Waals surface area contributed by atoms with Crippen LogP contribution in [0.15, 0.2) is 51.9 Å². The molecule has 0 aliphatic heterocycles. The van der Waals surface area contributed by atoms with Crippen LogP contribution in [-0.2, 0) is 17.8 Å². The van der Waals surface area contributed by atoms with E-state index in [2.05, 4.69) is 26.8 Å². The van der Waals surface area contributed by atoms with Gasteiger partial charge in [-0.15, -0.1) is 6.42 Å². The minimum absolute atomic E-state index is 0.213. The summed E-state index contributed by atoms with van der Waals surface area (Å²) in [5, 5.41) is 0. The highest BCUT2D eigenvalue weighted by Gasteiger charge is 2.09. The predicted octanol–water partition coefficient (Wildman–Crippen LogP) is 3.78. The van der Waals surface area contributed by atoms with Gasteiger partial charge in [0, 0.05) is 4.47 Å². The Morgan fingerprint density at radius 3 is 2.96 bits per heavy atom. The van der Waals surface area contributed by atoms with E-state index in [0.29, 0.717) is 11.3 Å². The smallest absolute Gasteiger partial charge is 0.252 e. The van der Waals surface area contributed by atoms with Crippen LogP contribution in [0.2, 0.25) is 0 Å². The van der Waals surface area contributed by atoms with Crippen molar-refractivity contribution in [3.05, 3.63) is 57.3 Å². The van der Waals surface area contributed by atoms with Crippen LogP contribution in [-0.4, -0.2) is 17.6 Å². The highest BCUT2D eigenvalue weighted by atomic mass is 79.9. The lowest BCUT2D eigenvalue weighted by atomic mass is 10.1. The van der Waals surface area contributed by atoms with Crippen molar-refractivity contribution in [1.29, 1.82) is 0 Å². The number of methoxy groups -OCH3 is 1. The number of amides is 1. The van der Waals surface area contributed by atoms with Gasteiger partial charge in [-0.25, -0.2) is 0 Å². The van der Waals surface area contributed by atoms with E-state index in [0.717, 1.165) is 26.0 Å². The zero-order valence-electron chi connectivity index (χ0n) is 13.5. The molecule has 0 bridgehead atoms. The molecule has 0 saturated heterocycles. The lowest BCUT2D eigenvalue weighted by Gasteiger charge is -2.02. The highest BCUT2D eigenvalue weighted by Crippen LogP contribution is 2.22. The van der Waals surface area contributed by atoms with Gasteiger partial charge in [-0.2, -0.15) is 4.99 Å². The zero-order chi connectivity index (χ0) is 17.8. The number of terminal acetylenes is 1. The Morgan fingerprint density at radius 1 is 1.36 bits per heavy atom. The molecule has 6 heteroatoms. The summed E-state index contributed by atoms with van der Waals surface area (Å²) in [6.07, 6.45) is 5.69. The molecule has 25 heavy (non-hydrogen) atoms. The number of carbonyl (C=O) groups is 1. The third-order valence-corrected chi connectivity index (χ3v) is 5.14. The Labute approximate surface area is 157 Å². The van der Waals surface area contributed by atoms with E-state index < -0.39 is 0 Å². The molecule has 0 spiro atoms. The first-order valence-electron chi connectivity index (χ1n) is 7.53. The fourth-order valence-corrected chi connectivity index (χ4v) is 4.08. The second kappa shape index (κ2) is 7.68. The monoisotopic (exact) mass is 414 g/mol. The second-order valence-electron chi connectivity index (χ2n) is 5.32. The molecule has 2 aromatic carbocycles. The average molecular weight is 415 g/mol. The van der Waals surface area contributed by atoms with Crippen LogP contribution in [0.3, 0.4) is 0 Å². The maximum absolute atomic E-state index is 12.4. The molecule has 0 saturated carbocycles. The van der Waals surface area contributed by atoms with Gasteiger partial charge in [0.1, 0.15) is 5.75 Å². The molecule has 3 rings (SSSR count). The molecule has 1 amide bonds. The van der Waals surface area contributed by atoms with Crippen LogP contribution in [0.1, 0.15) is 5.56 Å². The molecule has 126 valence electrons. The SMILES string of the molecule is C#CCn1c(=NC(=O)Cc2cccc(OC)c2)sc2cc(Br)ccc21. The van der Waals surface area contributed by atoms with Gasteiger partial charge >= 0.3 is 0 Å². The first-order chi connectivity index (χ1) is 12.1. The molecule has 0 fully saturated rings. The van der Waals surface area contributed by atoms with Crippen molar-refractivity contribution in [3.63, 3.8) is 0 Å². The summed E-state index contributed by atoms with van der Waals surface area (Å²) in [5.74, 6) is 3.13. The Morgan fingerprint density at radius 2 is 2.20 bits per heavy atom. The number of thiazole rings is 1. The fourth-order valence-electron chi connectivity index (χ4n) is 2.48. The van der Waals surface area contributed by atoms with Gasteiger partial charge in [-0.1, -0.05) is 45.3 Å². The summed E-state index contributed by atoms with van der Waals surface area (Å²) < 4.78 is 9.07. The van der Waals surface area contributed by atoms with Gasteiger partial charge < -0.3 is 9.30 Å². The average Bonchev–Trinajstić information content (AvgIpc) is 2.91. The number of hydrogen-bond acceptors (Lipinski definition) is 3. The van der Waals surface area contributed by atoms with Crippen molar-refractivity contribution in [1.82, 2.24) is 4.57 Å². The Hall–Kier alpha value is -2.36. The maximum atomic E-state index is 12.4. The van der Waals surface area contributed by atoms with Crippen molar-refractivity contribution in [2.24, 2.45) is 4.99 Å². The van der Waals surface area contributed by atoms with Gasteiger partial charge in [0.25, 0.3) is 5.91 Å². The van der Waals surface area contributed by atoms with Crippen molar-refractivity contribution < 1.29 is 9.53 Å². The van der Waals surface area contributed by atoms with Crippen LogP contribution in [0.5, 0.6) is 5.75 Å². The van der Waals surface area contributed by atoms with Gasteiger partial charge in [0.05, 0.1) is 30.3 Å². The highest BCUT2D eigenvalue weighted by molar-refractivity contribution is 9.10. The van der Waals surface area contributed by atoms with Crippen LogP contribution < -0.4 is 9.54 Å². The van der Waals surface area contributed by atoms with Gasteiger partial charge in [-0.3, -0.25) is 4.79 Å². The summed E-state index contributed by atoms with van der Waals surface area (Å²) >= 11 is 4.91. The lowest BCUT2D eigenvalue weighted by Crippen LogP contribution is -2.17. The van der Waals surface area contributed by atoms with E-state index in [-0.39, 0.29) is 12.3 Å². The quantitative estimate of drug-likeness (QED) is 0.609. The largest absolute Gasteiger partial charge is 0.497 e. The summed E-state index contributed by atoms with van der Waals surface area (Å²) in [6.45, 7) is 0.368. The lowest BCUT2D eigenvalue weighted by molar-refractivity contribution is -0.117. The molecular formula is C19H15BrN2O2S. The molecule has 3 aromatic rings. The van der Waals surface area contributed by atoms with E-state index in [1.807, 2.05) is 47.0 Å². The number of carbonyl (C=O) groups excluding carboxylic acids is 1. The van der Waals surface area contributed by atoms with E-state index in [1.165, 1.54) is 11.3 Å². The maximum Gasteiger partial charge on any atom is 0.252 e. The van der Waals surface area contributed by atoms with Crippen LogP contribution in [0.4, 0.5) is 0 Å². The van der Waals surface area contributed by atoms with Crippen molar-refractivity contribution in [3.8, 4) is 18.1 Å². The van der Waals surface area contributed by atoms with Gasteiger partial charge in [0.15, 0.2) is 4.80 Å². The fraction of sp³-hybridized carbons (Fsp3) is 0.158. The van der Waals surface area contributed by atoms with Crippen LogP contribution >= 0.6 is 27.3 Å². The van der Waals surface area contributed by atoms with E-state index in [1.54, 1.807) is 7.11 Å². The number of hydrogen-bond donors (Lipinski definition) is 0. The first-order valence-corrected chi connectivity index (χ1v) is 9.14. The molecule has 0 radical (unpaired) electrons. The number of benzene rings is 2. The predicted molar refractivity (Wildman–Crippen MR) is 104 cm³/mol. The minimum atomic E-state index is -0.218. The number of fused-ring (bicyclic) bond motifs is 1. The molecule has 0 aliphatic rings. The van der Waals surface area contributed by atoms with Crippen molar-refractivity contribution in [2.75, 3.05) is 7.11 Å². The molecule has 0 atom stereocenters. The Balaban J connectivity index is 1.98. The number of ether oxygens (including phenoxy) is 1. The topological polar surface area (TPSA) is 43.6 Å². The Bertz CT molecular complexity index is 1040.